The summed E-state index contributed by atoms with van der Waals surface area (Å²) in [5.74, 6) is -0.850. The predicted octanol–water partition coefficient (Wildman–Crippen LogP) is 0.306. The van der Waals surface area contributed by atoms with Gasteiger partial charge in [-0.2, -0.15) is 0 Å². The van der Waals surface area contributed by atoms with Crippen molar-refractivity contribution >= 4 is 45.5 Å². The largest absolute Gasteiger partial charge is 1.00 e. The summed E-state index contributed by atoms with van der Waals surface area (Å²) in [5.41, 5.74) is 0.877. The number of hydrogen-bond acceptors (Lipinski definition) is 7. The van der Waals surface area contributed by atoms with E-state index in [0.29, 0.717) is 10.9 Å². The van der Waals surface area contributed by atoms with E-state index in [0.717, 1.165) is 22.3 Å². The maximum absolute atomic E-state index is 11.5. The summed E-state index contributed by atoms with van der Waals surface area (Å²) < 4.78 is 11.4. The van der Waals surface area contributed by atoms with Gasteiger partial charge in [0, 0.05) is 0 Å². The number of thiazole rings is 1. The van der Waals surface area contributed by atoms with E-state index in [9.17, 15) is 9.59 Å². The molecule has 2 rings (SSSR count). The molecule has 5 nitrogen and oxygen atoms in total. The standard InChI is InChI=1S/C13H13NO4S2.K.H/c1-2-17-11(15)7-8-12(16)18-20-13-14-9-5-3-4-6-10(9)19-13;;/h3-6H,2,7-8H2,1H3;;/q;+1;-1. The van der Waals surface area contributed by atoms with Gasteiger partial charge < -0.3 is 10.3 Å². The maximum atomic E-state index is 11.5. The Hall–Kier alpha value is 0.0364. The fourth-order valence-electron chi connectivity index (χ4n) is 1.45. The minimum atomic E-state index is -0.456. The van der Waals surface area contributed by atoms with Gasteiger partial charge in [0.15, 0.2) is 4.34 Å². The molecular weight excluding hydrogens is 337 g/mol. The molecule has 21 heavy (non-hydrogen) atoms. The summed E-state index contributed by atoms with van der Waals surface area (Å²) >= 11 is 2.38. The summed E-state index contributed by atoms with van der Waals surface area (Å²) in [5, 5.41) is 0. The first-order valence-corrected chi connectivity index (χ1v) is 7.63. The van der Waals surface area contributed by atoms with E-state index in [1.807, 2.05) is 24.3 Å². The molecule has 108 valence electrons. The molecule has 0 amide bonds. The summed E-state index contributed by atoms with van der Waals surface area (Å²) in [6, 6.07) is 7.69. The number of rotatable bonds is 6. The van der Waals surface area contributed by atoms with Crippen molar-refractivity contribution < 1.29 is 71.3 Å². The number of nitrogens with zero attached hydrogens (tertiary/aromatic N) is 1. The first kappa shape index (κ1) is 19.1. The van der Waals surface area contributed by atoms with Crippen LogP contribution < -0.4 is 51.4 Å². The molecule has 0 fully saturated rings. The van der Waals surface area contributed by atoms with Gasteiger partial charge >= 0.3 is 63.3 Å². The third kappa shape index (κ3) is 6.35. The van der Waals surface area contributed by atoms with E-state index >= 15 is 0 Å². The number of para-hydroxylation sites is 1. The van der Waals surface area contributed by atoms with Gasteiger partial charge in [-0.3, -0.25) is 9.59 Å². The SMILES string of the molecule is CCOC(=O)CCC(=O)OSc1nc2ccccc2s1.[H-].[K+]. The molecule has 0 saturated carbocycles. The first-order valence-electron chi connectivity index (χ1n) is 6.07. The van der Waals surface area contributed by atoms with Gasteiger partial charge in [0.25, 0.3) is 0 Å². The number of benzene rings is 1. The average Bonchev–Trinajstić information content (AvgIpc) is 2.86. The average molecular weight is 351 g/mol. The molecule has 1 aromatic heterocycles. The van der Waals surface area contributed by atoms with Crippen molar-refractivity contribution in [3.8, 4) is 0 Å². The third-order valence-electron chi connectivity index (χ3n) is 2.32. The molecule has 0 unspecified atom stereocenters. The number of esters is 1. The number of ether oxygens (including phenoxy) is 1. The van der Waals surface area contributed by atoms with Crippen LogP contribution >= 0.6 is 23.4 Å². The number of hydrogen-bond donors (Lipinski definition) is 0. The van der Waals surface area contributed by atoms with Crippen molar-refractivity contribution in [1.29, 1.82) is 0 Å². The van der Waals surface area contributed by atoms with Crippen molar-refractivity contribution in [2.75, 3.05) is 6.61 Å². The van der Waals surface area contributed by atoms with Crippen LogP contribution in [0.4, 0.5) is 0 Å². The normalized spacial score (nSPS) is 9.95. The van der Waals surface area contributed by atoms with Crippen LogP contribution in [0.5, 0.6) is 0 Å². The molecule has 0 N–H and O–H groups in total. The monoisotopic (exact) mass is 351 g/mol. The molecule has 0 aliphatic carbocycles. The van der Waals surface area contributed by atoms with E-state index in [1.54, 1.807) is 6.92 Å². The second kappa shape index (κ2) is 9.93. The van der Waals surface area contributed by atoms with Crippen molar-refractivity contribution in [1.82, 2.24) is 4.98 Å². The molecule has 0 aliphatic rings. The summed E-state index contributed by atoms with van der Waals surface area (Å²) in [7, 11) is 0. The van der Waals surface area contributed by atoms with Crippen LogP contribution in [-0.2, 0) is 18.5 Å². The molecule has 0 radical (unpaired) electrons. The molecule has 0 spiro atoms. The second-order valence-corrected chi connectivity index (χ2v) is 5.80. The Kier molecular flexibility index (Phi) is 9.03. The van der Waals surface area contributed by atoms with Crippen molar-refractivity contribution in [2.45, 2.75) is 24.1 Å². The quantitative estimate of drug-likeness (QED) is 0.424. The van der Waals surface area contributed by atoms with Crippen LogP contribution in [0.15, 0.2) is 28.6 Å². The molecule has 1 heterocycles. The van der Waals surface area contributed by atoms with Crippen LogP contribution in [0.3, 0.4) is 0 Å². The van der Waals surface area contributed by atoms with Crippen LogP contribution in [0.2, 0.25) is 0 Å². The summed E-state index contributed by atoms with van der Waals surface area (Å²) in [4.78, 5) is 26.9. The molecule has 0 saturated heterocycles. The molecule has 8 heteroatoms. The van der Waals surface area contributed by atoms with Gasteiger partial charge in [-0.05, 0) is 19.1 Å². The Morgan fingerprint density at radius 1 is 1.29 bits per heavy atom. The Morgan fingerprint density at radius 3 is 2.71 bits per heavy atom. The van der Waals surface area contributed by atoms with E-state index in [1.165, 1.54) is 11.3 Å². The molecule has 0 atom stereocenters. The zero-order valence-electron chi connectivity index (χ0n) is 12.8. The maximum Gasteiger partial charge on any atom is 1.00 e. The zero-order valence-corrected chi connectivity index (χ0v) is 16.6. The molecular formula is C13H14KNO4S2. The van der Waals surface area contributed by atoms with Crippen LogP contribution in [-0.4, -0.2) is 23.5 Å². The fourth-order valence-corrected chi connectivity index (χ4v) is 3.04. The van der Waals surface area contributed by atoms with Crippen molar-refractivity contribution in [3.63, 3.8) is 0 Å². The van der Waals surface area contributed by atoms with Gasteiger partial charge in [0.2, 0.25) is 0 Å². The molecule has 0 aliphatic heterocycles. The van der Waals surface area contributed by atoms with E-state index in [4.69, 9.17) is 8.92 Å². The Labute approximate surface area is 174 Å². The smallest absolute Gasteiger partial charge is 1.00 e. The summed E-state index contributed by atoms with van der Waals surface area (Å²) in [6.07, 6.45) is 0.0454. The fraction of sp³-hybridized carbons (Fsp3) is 0.308. The number of carbonyl (C=O) groups excluding carboxylic acids is 2. The first-order chi connectivity index (χ1) is 9.69. The minimum absolute atomic E-state index is 0. The van der Waals surface area contributed by atoms with Crippen LogP contribution in [0, 0.1) is 0 Å². The zero-order chi connectivity index (χ0) is 14.4. The van der Waals surface area contributed by atoms with E-state index in [2.05, 4.69) is 4.98 Å². The molecule has 1 aromatic carbocycles. The van der Waals surface area contributed by atoms with Gasteiger partial charge in [-0.25, -0.2) is 4.98 Å². The Morgan fingerprint density at radius 2 is 2.00 bits per heavy atom. The van der Waals surface area contributed by atoms with Gasteiger partial charge in [0.05, 0.1) is 29.7 Å². The van der Waals surface area contributed by atoms with E-state index < -0.39 is 11.9 Å². The number of carbonyl (C=O) groups is 2. The Bertz CT molecular complexity index is 590. The topological polar surface area (TPSA) is 65.5 Å². The molecule has 0 bridgehead atoms. The predicted molar refractivity (Wildman–Crippen MR) is 78.5 cm³/mol. The van der Waals surface area contributed by atoms with Gasteiger partial charge in [-0.15, -0.1) is 11.3 Å². The molecule has 2 aromatic rings. The van der Waals surface area contributed by atoms with Gasteiger partial charge in [0.1, 0.15) is 12.0 Å². The third-order valence-corrected chi connectivity index (χ3v) is 4.11. The van der Waals surface area contributed by atoms with E-state index in [-0.39, 0.29) is 65.7 Å². The number of aromatic nitrogens is 1. The second-order valence-electron chi connectivity index (χ2n) is 3.79. The van der Waals surface area contributed by atoms with Crippen LogP contribution in [0.1, 0.15) is 21.2 Å². The van der Waals surface area contributed by atoms with Crippen LogP contribution in [0.25, 0.3) is 10.2 Å². The number of fused-ring (bicyclic) bond motifs is 1. The minimum Gasteiger partial charge on any atom is -1.00 e. The van der Waals surface area contributed by atoms with Gasteiger partial charge in [-0.1, -0.05) is 12.1 Å². The Balaban J connectivity index is 0.00000220. The summed E-state index contributed by atoms with van der Waals surface area (Å²) in [6.45, 7) is 2.04. The van der Waals surface area contributed by atoms with Crippen molar-refractivity contribution in [2.24, 2.45) is 0 Å². The van der Waals surface area contributed by atoms with Crippen molar-refractivity contribution in [3.05, 3.63) is 24.3 Å².